The van der Waals surface area contributed by atoms with E-state index in [1.54, 1.807) is 12.7 Å². The second kappa shape index (κ2) is 8.26. The van der Waals surface area contributed by atoms with Crippen LogP contribution < -0.4 is 10.1 Å². The third kappa shape index (κ3) is 4.93. The Morgan fingerprint density at radius 1 is 1.04 bits per heavy atom. The van der Waals surface area contributed by atoms with E-state index >= 15 is 0 Å². The average molecular weight is 322 g/mol. The predicted molar refractivity (Wildman–Crippen MR) is 93.9 cm³/mol. The minimum atomic E-state index is 0.412. The molecule has 0 saturated carbocycles. The van der Waals surface area contributed by atoms with Crippen LogP contribution in [0.1, 0.15) is 18.9 Å². The molecule has 0 aliphatic heterocycles. The second-order valence-corrected chi connectivity index (χ2v) is 5.79. The van der Waals surface area contributed by atoms with E-state index in [-0.39, 0.29) is 0 Å². The topological polar surface area (TPSA) is 52.0 Å². The first-order valence-electron chi connectivity index (χ1n) is 8.17. The van der Waals surface area contributed by atoms with Crippen molar-refractivity contribution in [3.05, 3.63) is 72.8 Å². The molecular formula is C19H22N4O. The third-order valence-corrected chi connectivity index (χ3v) is 3.81. The summed E-state index contributed by atoms with van der Waals surface area (Å²) in [6.45, 7) is 3.89. The van der Waals surface area contributed by atoms with Crippen LogP contribution in [0.4, 0.5) is 0 Å². The minimum absolute atomic E-state index is 0.412. The lowest BCUT2D eigenvalue weighted by atomic mass is 10.2. The fraction of sp³-hybridized carbons (Fsp3) is 0.263. The molecule has 5 nitrogen and oxygen atoms in total. The third-order valence-electron chi connectivity index (χ3n) is 3.81. The van der Waals surface area contributed by atoms with Crippen molar-refractivity contribution in [2.75, 3.05) is 0 Å². The summed E-state index contributed by atoms with van der Waals surface area (Å²) in [4.78, 5) is 3.95. The molecule has 1 atom stereocenters. The summed E-state index contributed by atoms with van der Waals surface area (Å²) in [5.74, 6) is 1.70. The van der Waals surface area contributed by atoms with Crippen molar-refractivity contribution in [2.24, 2.45) is 0 Å². The minimum Gasteiger partial charge on any atom is -0.457 e. The molecule has 1 aromatic heterocycles. The van der Waals surface area contributed by atoms with Gasteiger partial charge in [0.2, 0.25) is 0 Å². The fourth-order valence-corrected chi connectivity index (χ4v) is 2.37. The van der Waals surface area contributed by atoms with E-state index in [1.165, 1.54) is 5.56 Å². The molecule has 3 rings (SSSR count). The van der Waals surface area contributed by atoms with Crippen LogP contribution in [0.5, 0.6) is 11.5 Å². The van der Waals surface area contributed by atoms with Gasteiger partial charge in [0.1, 0.15) is 24.2 Å². The number of hydrogen-bond donors (Lipinski definition) is 1. The number of rotatable bonds is 8. The molecule has 0 bridgehead atoms. The van der Waals surface area contributed by atoms with Gasteiger partial charge in [-0.2, -0.15) is 5.10 Å². The molecule has 0 saturated heterocycles. The van der Waals surface area contributed by atoms with Gasteiger partial charge in [0.05, 0.1) is 0 Å². The van der Waals surface area contributed by atoms with Gasteiger partial charge < -0.3 is 10.1 Å². The Morgan fingerprint density at radius 2 is 1.79 bits per heavy atom. The van der Waals surface area contributed by atoms with E-state index in [4.69, 9.17) is 4.74 Å². The number of benzene rings is 2. The van der Waals surface area contributed by atoms with Gasteiger partial charge in [-0.05, 0) is 43.2 Å². The quantitative estimate of drug-likeness (QED) is 0.688. The van der Waals surface area contributed by atoms with Crippen molar-refractivity contribution in [1.82, 2.24) is 20.1 Å². The monoisotopic (exact) mass is 322 g/mol. The molecule has 2 aromatic carbocycles. The normalized spacial score (nSPS) is 12.0. The van der Waals surface area contributed by atoms with Crippen LogP contribution >= 0.6 is 0 Å². The van der Waals surface area contributed by atoms with Gasteiger partial charge in [-0.25, -0.2) is 4.98 Å². The number of ether oxygens (including phenoxy) is 1. The van der Waals surface area contributed by atoms with Gasteiger partial charge >= 0.3 is 0 Å². The first kappa shape index (κ1) is 16.2. The molecule has 0 aliphatic carbocycles. The van der Waals surface area contributed by atoms with Gasteiger partial charge in [0.15, 0.2) is 0 Å². The summed E-state index contributed by atoms with van der Waals surface area (Å²) >= 11 is 0. The Hall–Kier alpha value is -2.66. The highest BCUT2D eigenvalue weighted by Gasteiger charge is 2.03. The van der Waals surface area contributed by atoms with Gasteiger partial charge in [-0.3, -0.25) is 4.68 Å². The summed E-state index contributed by atoms with van der Waals surface area (Å²) in [6, 6.07) is 18.4. The second-order valence-electron chi connectivity index (χ2n) is 5.79. The summed E-state index contributed by atoms with van der Waals surface area (Å²) in [6.07, 6.45) is 4.33. The van der Waals surface area contributed by atoms with Crippen molar-refractivity contribution in [3.8, 4) is 11.5 Å². The van der Waals surface area contributed by atoms with E-state index in [9.17, 15) is 0 Å². The SMILES string of the molecule is C[C@@H](CCn1cncn1)NCc1ccc(Oc2ccccc2)cc1. The van der Waals surface area contributed by atoms with Crippen molar-refractivity contribution < 1.29 is 4.74 Å². The smallest absolute Gasteiger partial charge is 0.137 e. The Morgan fingerprint density at radius 3 is 2.50 bits per heavy atom. The lowest BCUT2D eigenvalue weighted by Crippen LogP contribution is -2.26. The maximum Gasteiger partial charge on any atom is 0.137 e. The molecule has 0 spiro atoms. The van der Waals surface area contributed by atoms with Crippen molar-refractivity contribution in [3.63, 3.8) is 0 Å². The fourth-order valence-electron chi connectivity index (χ4n) is 2.37. The maximum absolute atomic E-state index is 5.80. The Balaban J connectivity index is 1.44. The molecule has 124 valence electrons. The maximum atomic E-state index is 5.80. The van der Waals surface area contributed by atoms with Gasteiger partial charge in [0.25, 0.3) is 0 Å². The molecule has 0 radical (unpaired) electrons. The molecule has 5 heteroatoms. The number of nitrogens with one attached hydrogen (secondary N) is 1. The zero-order valence-corrected chi connectivity index (χ0v) is 13.8. The first-order valence-corrected chi connectivity index (χ1v) is 8.17. The van der Waals surface area contributed by atoms with E-state index in [0.29, 0.717) is 6.04 Å². The van der Waals surface area contributed by atoms with Crippen LogP contribution in [0, 0.1) is 0 Å². The predicted octanol–water partition coefficient (Wildman–Crippen LogP) is 3.64. The molecule has 0 fully saturated rings. The van der Waals surface area contributed by atoms with Crippen molar-refractivity contribution in [2.45, 2.75) is 32.5 Å². The highest BCUT2D eigenvalue weighted by Crippen LogP contribution is 2.21. The summed E-state index contributed by atoms with van der Waals surface area (Å²) in [5.41, 5.74) is 1.24. The molecule has 3 aromatic rings. The van der Waals surface area contributed by atoms with Crippen LogP contribution in [-0.4, -0.2) is 20.8 Å². The standard InChI is InChI=1S/C19H22N4O/c1-16(11-12-23-15-20-14-22-23)21-13-17-7-9-19(10-8-17)24-18-5-3-2-4-6-18/h2-10,14-16,21H,11-13H2,1H3/t16-/m0/s1. The van der Waals surface area contributed by atoms with E-state index in [1.807, 2.05) is 47.1 Å². The molecular weight excluding hydrogens is 300 g/mol. The largest absolute Gasteiger partial charge is 0.457 e. The molecule has 24 heavy (non-hydrogen) atoms. The molecule has 1 heterocycles. The molecule has 1 N–H and O–H groups in total. The summed E-state index contributed by atoms with van der Waals surface area (Å²) in [7, 11) is 0. The lowest BCUT2D eigenvalue weighted by Gasteiger charge is -2.14. The van der Waals surface area contributed by atoms with Gasteiger partial charge in [-0.1, -0.05) is 30.3 Å². The van der Waals surface area contributed by atoms with Crippen LogP contribution in [0.2, 0.25) is 0 Å². The summed E-state index contributed by atoms with van der Waals surface area (Å²) in [5, 5.41) is 7.64. The Kier molecular flexibility index (Phi) is 5.58. The van der Waals surface area contributed by atoms with Crippen molar-refractivity contribution in [1.29, 1.82) is 0 Å². The van der Waals surface area contributed by atoms with Gasteiger partial charge in [-0.15, -0.1) is 0 Å². The number of aryl methyl sites for hydroxylation is 1. The highest BCUT2D eigenvalue weighted by molar-refractivity contribution is 5.32. The molecule has 0 amide bonds. The summed E-state index contributed by atoms with van der Waals surface area (Å²) < 4.78 is 7.66. The van der Waals surface area contributed by atoms with Crippen LogP contribution in [0.25, 0.3) is 0 Å². The number of nitrogens with zero attached hydrogens (tertiary/aromatic N) is 3. The lowest BCUT2D eigenvalue weighted by molar-refractivity contribution is 0.457. The van der Waals surface area contributed by atoms with Gasteiger partial charge in [0, 0.05) is 19.1 Å². The zero-order valence-electron chi connectivity index (χ0n) is 13.8. The van der Waals surface area contributed by atoms with Crippen molar-refractivity contribution >= 4 is 0 Å². The average Bonchev–Trinajstić information content (AvgIpc) is 3.14. The van der Waals surface area contributed by atoms with Crippen LogP contribution in [0.3, 0.4) is 0 Å². The van der Waals surface area contributed by atoms with Crippen LogP contribution in [-0.2, 0) is 13.1 Å². The van der Waals surface area contributed by atoms with Crippen LogP contribution in [0.15, 0.2) is 67.3 Å². The number of hydrogen-bond acceptors (Lipinski definition) is 4. The Bertz CT molecular complexity index is 711. The van der Waals surface area contributed by atoms with E-state index in [2.05, 4.69) is 34.5 Å². The van der Waals surface area contributed by atoms with E-state index < -0.39 is 0 Å². The molecule has 0 aliphatic rings. The number of para-hydroxylation sites is 1. The number of aromatic nitrogens is 3. The highest BCUT2D eigenvalue weighted by atomic mass is 16.5. The molecule has 0 unspecified atom stereocenters. The first-order chi connectivity index (χ1) is 11.8. The van der Waals surface area contributed by atoms with E-state index in [0.717, 1.165) is 31.0 Å². The zero-order chi connectivity index (χ0) is 16.6. The Labute approximate surface area is 142 Å².